The third-order valence-electron chi connectivity index (χ3n) is 5.49. The third kappa shape index (κ3) is 4.45. The first-order valence-electron chi connectivity index (χ1n) is 9.91. The van der Waals surface area contributed by atoms with Gasteiger partial charge in [-0.1, -0.05) is 12.8 Å². The van der Waals surface area contributed by atoms with Crippen LogP contribution in [0.25, 0.3) is 10.9 Å². The van der Waals surface area contributed by atoms with Crippen LogP contribution in [0, 0.1) is 0 Å². The van der Waals surface area contributed by atoms with Crippen molar-refractivity contribution in [2.45, 2.75) is 44.8 Å². The minimum absolute atomic E-state index is 0.0948. The molecule has 0 aliphatic heterocycles. The second-order valence-electron chi connectivity index (χ2n) is 7.38. The van der Waals surface area contributed by atoms with E-state index >= 15 is 0 Å². The van der Waals surface area contributed by atoms with Gasteiger partial charge in [0.1, 0.15) is 11.5 Å². The Labute approximate surface area is 174 Å². The zero-order chi connectivity index (χ0) is 20.2. The topological polar surface area (TPSA) is 70.5 Å². The lowest BCUT2D eigenvalue weighted by atomic mass is 10.1. The van der Waals surface area contributed by atoms with Gasteiger partial charge in [-0.25, -0.2) is 0 Å². The molecule has 0 spiro atoms. The van der Waals surface area contributed by atoms with Gasteiger partial charge in [-0.2, -0.15) is 0 Å². The lowest BCUT2D eigenvalue weighted by Crippen LogP contribution is -2.45. The molecule has 0 unspecified atom stereocenters. The lowest BCUT2D eigenvalue weighted by Gasteiger charge is -2.31. The summed E-state index contributed by atoms with van der Waals surface area (Å²) in [5, 5.41) is 4.92. The molecular formula is C22H25N3O3S. The first-order valence-corrected chi connectivity index (χ1v) is 10.3. The molecular weight excluding hydrogens is 386 g/mol. The molecule has 152 valence electrons. The number of nitrogens with one attached hydrogen (secondary N) is 2. The van der Waals surface area contributed by atoms with Crippen molar-refractivity contribution in [3.05, 3.63) is 64.3 Å². The minimum Gasteiger partial charge on any atom is -0.497 e. The summed E-state index contributed by atoms with van der Waals surface area (Å²) in [4.78, 5) is 17.9. The van der Waals surface area contributed by atoms with Crippen molar-refractivity contribution in [1.29, 1.82) is 0 Å². The molecule has 4 rings (SSSR count). The molecule has 2 N–H and O–H groups in total. The van der Waals surface area contributed by atoms with Crippen LogP contribution in [0.5, 0.6) is 5.75 Å². The van der Waals surface area contributed by atoms with Crippen LogP contribution in [0.3, 0.4) is 0 Å². The number of methoxy groups -OCH3 is 1. The lowest BCUT2D eigenvalue weighted by molar-refractivity contribution is 0.301. The fourth-order valence-electron chi connectivity index (χ4n) is 3.91. The normalized spacial score (nSPS) is 14.2. The average Bonchev–Trinajstić information content (AvgIpc) is 3.44. The van der Waals surface area contributed by atoms with Crippen molar-refractivity contribution in [2.75, 3.05) is 7.11 Å². The Morgan fingerprint density at radius 2 is 2.14 bits per heavy atom. The molecule has 1 aliphatic rings. The predicted octanol–water partition coefficient (Wildman–Crippen LogP) is 3.95. The van der Waals surface area contributed by atoms with Crippen molar-refractivity contribution >= 4 is 28.2 Å². The number of hydrogen-bond acceptors (Lipinski definition) is 4. The van der Waals surface area contributed by atoms with Crippen LogP contribution >= 0.6 is 12.2 Å². The number of aromatic nitrogens is 1. The molecule has 7 heteroatoms. The van der Waals surface area contributed by atoms with E-state index in [1.54, 1.807) is 13.4 Å². The minimum atomic E-state index is -0.0948. The van der Waals surface area contributed by atoms with Crippen molar-refractivity contribution in [2.24, 2.45) is 0 Å². The van der Waals surface area contributed by atoms with Crippen LogP contribution in [-0.4, -0.2) is 28.1 Å². The summed E-state index contributed by atoms with van der Waals surface area (Å²) in [6.07, 6.45) is 6.21. The molecule has 0 bridgehead atoms. The Morgan fingerprint density at radius 3 is 2.86 bits per heavy atom. The molecule has 0 amide bonds. The van der Waals surface area contributed by atoms with Gasteiger partial charge in [-0.15, -0.1) is 0 Å². The van der Waals surface area contributed by atoms with Crippen LogP contribution in [0.4, 0.5) is 0 Å². The van der Waals surface area contributed by atoms with Crippen molar-refractivity contribution in [3.63, 3.8) is 0 Å². The number of fused-ring (bicyclic) bond motifs is 1. The van der Waals surface area contributed by atoms with Crippen LogP contribution in [0.1, 0.15) is 37.0 Å². The van der Waals surface area contributed by atoms with E-state index in [4.69, 9.17) is 21.4 Å². The number of ether oxygens (including phenoxy) is 1. The van der Waals surface area contributed by atoms with Crippen molar-refractivity contribution in [3.8, 4) is 5.75 Å². The van der Waals surface area contributed by atoms with E-state index < -0.39 is 0 Å². The first kappa shape index (κ1) is 19.5. The predicted molar refractivity (Wildman–Crippen MR) is 117 cm³/mol. The summed E-state index contributed by atoms with van der Waals surface area (Å²) in [5.74, 6) is 1.55. The van der Waals surface area contributed by atoms with Crippen LogP contribution in [0.2, 0.25) is 0 Å². The number of aromatic amines is 1. The highest BCUT2D eigenvalue weighted by Gasteiger charge is 2.25. The molecule has 2 heterocycles. The molecule has 6 nitrogen and oxygen atoms in total. The van der Waals surface area contributed by atoms with Gasteiger partial charge in [-0.05, 0) is 60.8 Å². The number of nitrogens with zero attached hydrogens (tertiary/aromatic N) is 1. The SMILES string of the molecule is COc1ccc2cc(CN(C(=S)NCc3ccco3)C3CCCC3)c(=O)[nH]c2c1. The summed E-state index contributed by atoms with van der Waals surface area (Å²) in [6, 6.07) is 11.8. The number of benzene rings is 1. The van der Waals surface area contributed by atoms with E-state index in [2.05, 4.69) is 15.2 Å². The van der Waals surface area contributed by atoms with E-state index in [1.165, 1.54) is 12.8 Å². The Kier molecular flexibility index (Phi) is 5.85. The molecule has 0 radical (unpaired) electrons. The maximum absolute atomic E-state index is 12.7. The summed E-state index contributed by atoms with van der Waals surface area (Å²) in [6.45, 7) is 1.01. The number of furan rings is 1. The zero-order valence-electron chi connectivity index (χ0n) is 16.4. The Bertz CT molecular complexity index is 1040. The molecule has 29 heavy (non-hydrogen) atoms. The van der Waals surface area contributed by atoms with Gasteiger partial charge in [0.2, 0.25) is 0 Å². The molecule has 0 atom stereocenters. The highest BCUT2D eigenvalue weighted by atomic mass is 32.1. The number of H-pyrrole nitrogens is 1. The Morgan fingerprint density at radius 1 is 1.31 bits per heavy atom. The fourth-order valence-corrected chi connectivity index (χ4v) is 4.20. The molecule has 1 saturated carbocycles. The third-order valence-corrected chi connectivity index (χ3v) is 5.87. The number of thiocarbonyl (C=S) groups is 1. The van der Waals surface area contributed by atoms with E-state index in [0.717, 1.165) is 35.3 Å². The van der Waals surface area contributed by atoms with Crippen molar-refractivity contribution < 1.29 is 9.15 Å². The smallest absolute Gasteiger partial charge is 0.253 e. The second kappa shape index (κ2) is 8.69. The molecule has 3 aromatic rings. The Balaban J connectivity index is 1.57. The Hall–Kier alpha value is -2.80. The van der Waals surface area contributed by atoms with Crippen LogP contribution < -0.4 is 15.6 Å². The first-order chi connectivity index (χ1) is 14.1. The number of rotatable bonds is 6. The van der Waals surface area contributed by atoms with Gasteiger partial charge in [-0.3, -0.25) is 4.79 Å². The summed E-state index contributed by atoms with van der Waals surface area (Å²) < 4.78 is 10.6. The van der Waals surface area contributed by atoms with Gasteiger partial charge in [0, 0.05) is 17.7 Å². The maximum Gasteiger partial charge on any atom is 0.253 e. The monoisotopic (exact) mass is 411 g/mol. The molecule has 1 aliphatic carbocycles. The summed E-state index contributed by atoms with van der Waals surface area (Å²) in [5.41, 5.74) is 1.38. The highest BCUT2D eigenvalue weighted by Crippen LogP contribution is 2.26. The van der Waals surface area contributed by atoms with Gasteiger partial charge in [0.05, 0.1) is 32.0 Å². The van der Waals surface area contributed by atoms with E-state index in [9.17, 15) is 4.79 Å². The summed E-state index contributed by atoms with van der Waals surface area (Å²) in [7, 11) is 1.61. The summed E-state index contributed by atoms with van der Waals surface area (Å²) >= 11 is 5.70. The highest BCUT2D eigenvalue weighted by molar-refractivity contribution is 7.80. The van der Waals surface area contributed by atoms with E-state index in [0.29, 0.717) is 29.8 Å². The van der Waals surface area contributed by atoms with Gasteiger partial charge in [0.15, 0.2) is 5.11 Å². The molecule has 1 fully saturated rings. The second-order valence-corrected chi connectivity index (χ2v) is 7.77. The van der Waals surface area contributed by atoms with E-state index in [1.807, 2.05) is 36.4 Å². The van der Waals surface area contributed by atoms with E-state index in [-0.39, 0.29) is 5.56 Å². The number of hydrogen-bond donors (Lipinski definition) is 2. The molecule has 0 saturated heterocycles. The fraction of sp³-hybridized carbons (Fsp3) is 0.364. The largest absolute Gasteiger partial charge is 0.497 e. The zero-order valence-corrected chi connectivity index (χ0v) is 17.3. The quantitative estimate of drug-likeness (QED) is 0.599. The van der Waals surface area contributed by atoms with Gasteiger partial charge < -0.3 is 24.4 Å². The number of pyridine rings is 1. The van der Waals surface area contributed by atoms with Gasteiger partial charge in [0.25, 0.3) is 5.56 Å². The van der Waals surface area contributed by atoms with Crippen molar-refractivity contribution in [1.82, 2.24) is 15.2 Å². The average molecular weight is 412 g/mol. The molecule has 2 aromatic heterocycles. The van der Waals surface area contributed by atoms with Gasteiger partial charge >= 0.3 is 0 Å². The van der Waals surface area contributed by atoms with Crippen LogP contribution in [-0.2, 0) is 13.1 Å². The molecule has 1 aromatic carbocycles. The van der Waals surface area contributed by atoms with Crippen LogP contribution in [0.15, 0.2) is 51.9 Å². The maximum atomic E-state index is 12.7. The standard InChI is InChI=1S/C22H25N3O3S/c1-27-18-9-8-15-11-16(21(26)24-20(15)12-18)14-25(17-5-2-3-6-17)22(29)23-13-19-7-4-10-28-19/h4,7-12,17H,2-3,5-6,13-14H2,1H3,(H,23,29)(H,24,26).